The van der Waals surface area contributed by atoms with Crippen LogP contribution in [0.4, 0.5) is 24.5 Å². The van der Waals surface area contributed by atoms with Gasteiger partial charge in [-0.1, -0.05) is 11.6 Å². The summed E-state index contributed by atoms with van der Waals surface area (Å²) in [5, 5.41) is 3.05. The van der Waals surface area contributed by atoms with Crippen LogP contribution in [0.2, 0.25) is 5.02 Å². The average Bonchev–Trinajstić information content (AvgIpc) is 2.54. The highest BCUT2D eigenvalue weighted by Gasteiger charge is 2.61. The number of hydrogen-bond acceptors (Lipinski definition) is 3. The maximum Gasteiger partial charge on any atom is 0.403 e. The summed E-state index contributed by atoms with van der Waals surface area (Å²) in [4.78, 5) is 16.3. The Balaban J connectivity index is 2.40. The van der Waals surface area contributed by atoms with Gasteiger partial charge in [-0.2, -0.15) is 13.2 Å². The molecule has 0 saturated carbocycles. The lowest BCUT2D eigenvalue weighted by molar-refractivity contribution is -0.183. The lowest BCUT2D eigenvalue weighted by Crippen LogP contribution is -2.54. The molecule has 1 aromatic heterocycles. The first kappa shape index (κ1) is 18.8. The van der Waals surface area contributed by atoms with Crippen LogP contribution in [0.5, 0.6) is 0 Å². The molecule has 0 aliphatic carbocycles. The number of benzene rings is 1. The fraction of sp³-hybridized carbons (Fsp3) is 0.389. The van der Waals surface area contributed by atoms with Crippen LogP contribution in [0.25, 0.3) is 0 Å². The molecule has 0 amide bonds. The van der Waals surface area contributed by atoms with Gasteiger partial charge in [-0.3, -0.25) is 4.79 Å². The molecule has 0 radical (unpaired) electrons. The number of aromatic nitrogens is 1. The van der Waals surface area contributed by atoms with Crippen LogP contribution in [0, 0.1) is 0 Å². The second-order valence-electron chi connectivity index (χ2n) is 6.82. The normalized spacial score (nSPS) is 19.3. The molecule has 1 aromatic carbocycles. The first-order chi connectivity index (χ1) is 12.1. The fourth-order valence-electron chi connectivity index (χ4n) is 3.34. The number of fused-ring (bicyclic) bond motifs is 2. The summed E-state index contributed by atoms with van der Waals surface area (Å²) in [5.74, 6) is 0. The van der Waals surface area contributed by atoms with Crippen LogP contribution in [0.3, 0.4) is 0 Å². The third-order valence-electron chi connectivity index (χ3n) is 4.97. The molecule has 140 valence electrons. The summed E-state index contributed by atoms with van der Waals surface area (Å²) in [7, 11) is 1.64. The molecule has 0 spiro atoms. The zero-order chi connectivity index (χ0) is 19.3. The van der Waals surface area contributed by atoms with Crippen molar-refractivity contribution in [3.63, 3.8) is 0 Å². The van der Waals surface area contributed by atoms with Gasteiger partial charge in [-0.25, -0.2) is 0 Å². The van der Waals surface area contributed by atoms with E-state index >= 15 is 0 Å². The molecule has 2 aromatic rings. The fourth-order valence-corrected chi connectivity index (χ4v) is 3.51. The highest BCUT2D eigenvalue weighted by atomic mass is 35.5. The molecule has 0 saturated heterocycles. The van der Waals surface area contributed by atoms with E-state index in [0.29, 0.717) is 0 Å². The molecule has 4 nitrogen and oxygen atoms in total. The molecule has 2 heterocycles. The molecule has 26 heavy (non-hydrogen) atoms. The minimum absolute atomic E-state index is 0.0168. The summed E-state index contributed by atoms with van der Waals surface area (Å²) >= 11 is 6.03. The molecule has 1 aliphatic heterocycles. The molecule has 0 fully saturated rings. The number of likely N-dealkylation sites (N-methyl/N-ethyl adjacent to an activating group) is 1. The van der Waals surface area contributed by atoms with Crippen molar-refractivity contribution in [3.05, 3.63) is 57.0 Å². The second kappa shape index (κ2) is 6.32. The van der Waals surface area contributed by atoms with Crippen molar-refractivity contribution in [3.8, 4) is 0 Å². The van der Waals surface area contributed by atoms with Gasteiger partial charge in [0.1, 0.15) is 11.1 Å². The number of H-pyrrole nitrogens is 1. The minimum atomic E-state index is -4.64. The Morgan fingerprint density at radius 1 is 1.23 bits per heavy atom. The van der Waals surface area contributed by atoms with Crippen molar-refractivity contribution in [2.24, 2.45) is 0 Å². The number of alkyl halides is 3. The number of anilines is 2. The molecule has 2 N–H and O–H groups in total. The van der Waals surface area contributed by atoms with E-state index in [2.05, 4.69) is 10.3 Å². The summed E-state index contributed by atoms with van der Waals surface area (Å²) in [6.45, 7) is 3.31. The Morgan fingerprint density at radius 2 is 1.92 bits per heavy atom. The van der Waals surface area contributed by atoms with Gasteiger partial charge in [0.2, 0.25) is 0 Å². The Bertz CT molecular complexity index is 894. The van der Waals surface area contributed by atoms with E-state index in [1.54, 1.807) is 11.9 Å². The van der Waals surface area contributed by atoms with Crippen molar-refractivity contribution >= 4 is 23.0 Å². The van der Waals surface area contributed by atoms with Crippen molar-refractivity contribution in [1.29, 1.82) is 0 Å². The molecule has 1 aliphatic rings. The number of pyridine rings is 1. The molecule has 1 atom stereocenters. The lowest BCUT2D eigenvalue weighted by atomic mass is 9.70. The Labute approximate surface area is 154 Å². The van der Waals surface area contributed by atoms with Crippen LogP contribution in [0.15, 0.2) is 35.3 Å². The van der Waals surface area contributed by atoms with Crippen molar-refractivity contribution in [2.45, 2.75) is 31.5 Å². The van der Waals surface area contributed by atoms with Crippen molar-refractivity contribution in [1.82, 2.24) is 9.88 Å². The summed E-state index contributed by atoms with van der Waals surface area (Å²) < 4.78 is 43.9. The first-order valence-corrected chi connectivity index (χ1v) is 8.52. The quantitative estimate of drug-likeness (QED) is 0.829. The van der Waals surface area contributed by atoms with Crippen molar-refractivity contribution < 1.29 is 13.2 Å². The summed E-state index contributed by atoms with van der Waals surface area (Å²) in [5.41, 5.74) is -2.91. The third-order valence-corrected chi connectivity index (χ3v) is 5.21. The molecule has 0 bridgehead atoms. The average molecular weight is 386 g/mol. The van der Waals surface area contributed by atoms with Crippen LogP contribution in [0.1, 0.15) is 25.0 Å². The standard InChI is InChI=1S/C18H19ClF3N3O/c1-10(2)25(3)9-17(18(20,21)22)12-6-7-23-16(26)15(12)24-14-5-4-11(19)8-13(14)17/h4-8,10,24H,9H2,1-3H3,(H,23,26). The predicted molar refractivity (Wildman–Crippen MR) is 96.4 cm³/mol. The number of nitrogens with one attached hydrogen (secondary N) is 2. The van der Waals surface area contributed by atoms with Gasteiger partial charge in [0.05, 0.1) is 0 Å². The number of rotatable bonds is 3. The van der Waals surface area contributed by atoms with Gasteiger partial charge >= 0.3 is 6.18 Å². The molecule has 3 rings (SSSR count). The van der Waals surface area contributed by atoms with Gasteiger partial charge in [0.15, 0.2) is 0 Å². The van der Waals surface area contributed by atoms with E-state index in [-0.39, 0.29) is 40.1 Å². The monoisotopic (exact) mass is 385 g/mol. The largest absolute Gasteiger partial charge is 0.403 e. The van der Waals surface area contributed by atoms with Crippen LogP contribution < -0.4 is 10.9 Å². The molecule has 8 heteroatoms. The van der Waals surface area contributed by atoms with Gasteiger partial charge < -0.3 is 15.2 Å². The Hall–Kier alpha value is -1.99. The van der Waals surface area contributed by atoms with Crippen LogP contribution in [-0.4, -0.2) is 35.7 Å². The summed E-state index contributed by atoms with van der Waals surface area (Å²) in [6.07, 6.45) is -3.39. The van der Waals surface area contributed by atoms with E-state index in [1.807, 2.05) is 13.8 Å². The maximum absolute atomic E-state index is 14.6. The lowest BCUT2D eigenvalue weighted by Gasteiger charge is -2.44. The SMILES string of the molecule is CC(C)N(C)CC1(C(F)(F)F)c2cc(Cl)ccc2Nc2c1cc[nH]c2=O. The van der Waals surface area contributed by atoms with E-state index in [0.717, 1.165) is 0 Å². The van der Waals surface area contributed by atoms with E-state index < -0.39 is 17.2 Å². The van der Waals surface area contributed by atoms with Gasteiger partial charge in [0, 0.05) is 35.1 Å². The van der Waals surface area contributed by atoms with E-state index in [4.69, 9.17) is 11.6 Å². The van der Waals surface area contributed by atoms with Crippen molar-refractivity contribution in [2.75, 3.05) is 18.9 Å². The zero-order valence-corrected chi connectivity index (χ0v) is 15.3. The van der Waals surface area contributed by atoms with E-state index in [9.17, 15) is 18.0 Å². The number of halogens is 4. The van der Waals surface area contributed by atoms with Gasteiger partial charge in [0.25, 0.3) is 5.56 Å². The maximum atomic E-state index is 14.6. The Morgan fingerprint density at radius 3 is 2.54 bits per heavy atom. The second-order valence-corrected chi connectivity index (χ2v) is 7.26. The number of nitrogens with zero attached hydrogens (tertiary/aromatic N) is 1. The number of hydrogen-bond donors (Lipinski definition) is 2. The van der Waals surface area contributed by atoms with E-state index in [1.165, 1.54) is 30.5 Å². The molecular formula is C18H19ClF3N3O. The van der Waals surface area contributed by atoms with Crippen LogP contribution in [-0.2, 0) is 5.41 Å². The summed E-state index contributed by atoms with van der Waals surface area (Å²) in [6, 6.07) is 5.51. The first-order valence-electron chi connectivity index (χ1n) is 8.14. The topological polar surface area (TPSA) is 48.1 Å². The highest BCUT2D eigenvalue weighted by molar-refractivity contribution is 6.30. The molecular weight excluding hydrogens is 367 g/mol. The number of aromatic amines is 1. The highest BCUT2D eigenvalue weighted by Crippen LogP contribution is 2.54. The molecule has 1 unspecified atom stereocenters. The third kappa shape index (κ3) is 2.79. The van der Waals surface area contributed by atoms with Gasteiger partial charge in [-0.15, -0.1) is 0 Å². The van der Waals surface area contributed by atoms with Gasteiger partial charge in [-0.05, 0) is 50.7 Å². The zero-order valence-electron chi connectivity index (χ0n) is 14.5. The van der Waals surface area contributed by atoms with Crippen LogP contribution >= 0.6 is 11.6 Å². The predicted octanol–water partition coefficient (Wildman–Crippen LogP) is 4.27. The Kier molecular flexibility index (Phi) is 4.56. The smallest absolute Gasteiger partial charge is 0.351 e. The minimum Gasteiger partial charge on any atom is -0.351 e.